The Hall–Kier alpha value is -2.93. The van der Waals surface area contributed by atoms with Gasteiger partial charge in [0, 0.05) is 18.6 Å². The van der Waals surface area contributed by atoms with Gasteiger partial charge in [-0.05, 0) is 89.4 Å². The van der Waals surface area contributed by atoms with Gasteiger partial charge in [-0.1, -0.05) is 70.2 Å². The Morgan fingerprint density at radius 3 is 1.91 bits per heavy atom. The van der Waals surface area contributed by atoms with Crippen LogP contribution in [0.15, 0.2) is 60.7 Å². The Bertz CT molecular complexity index is 1330. The summed E-state index contributed by atoms with van der Waals surface area (Å²) < 4.78 is 2.35. The molecule has 0 fully saturated rings. The molecule has 0 aliphatic carbocycles. The van der Waals surface area contributed by atoms with E-state index in [2.05, 4.69) is 128 Å². The number of pyridine rings is 1. The molecule has 3 aromatic carbocycles. The molecule has 0 N–H and O–H groups in total. The maximum atomic E-state index is 2.44. The van der Waals surface area contributed by atoms with Crippen LogP contribution in [0.5, 0.6) is 0 Å². The normalized spacial score (nSPS) is 11.9. The lowest BCUT2D eigenvalue weighted by Gasteiger charge is -2.25. The first-order chi connectivity index (χ1) is 16.1. The first kappa shape index (κ1) is 24.2. The highest BCUT2D eigenvalue weighted by Crippen LogP contribution is 2.37. The number of nitrogens with zero attached hydrogens (tertiary/aromatic N) is 1. The molecule has 4 aromatic rings. The monoisotopic (exact) mass is 450 g/mol. The van der Waals surface area contributed by atoms with E-state index in [0.29, 0.717) is 17.8 Å². The Labute approximate surface area is 206 Å². The van der Waals surface area contributed by atoms with Gasteiger partial charge >= 0.3 is 0 Å². The fourth-order valence-corrected chi connectivity index (χ4v) is 6.02. The van der Waals surface area contributed by atoms with Crippen molar-refractivity contribution < 1.29 is 4.57 Å². The molecular weight excluding hydrogens is 410 g/mol. The lowest BCUT2D eigenvalue weighted by Crippen LogP contribution is -2.35. The van der Waals surface area contributed by atoms with Crippen molar-refractivity contribution in [3.05, 3.63) is 88.6 Å². The molecule has 0 spiro atoms. The molecule has 0 radical (unpaired) electrons. The summed E-state index contributed by atoms with van der Waals surface area (Å²) in [6, 6.07) is 23.1. The average Bonchev–Trinajstić information content (AvgIpc) is 2.75. The number of hydrogen-bond donors (Lipinski definition) is 0. The number of fused-ring (bicyclic) bond motifs is 1. The highest BCUT2D eigenvalue weighted by molar-refractivity contribution is 5.94. The number of aryl methyl sites for hydroxylation is 4. The molecule has 0 bridgehead atoms. The first-order valence-electron chi connectivity index (χ1n) is 12.7. The molecule has 34 heavy (non-hydrogen) atoms. The minimum Gasteiger partial charge on any atom is -0.198 e. The highest BCUT2D eigenvalue weighted by atomic mass is 14.9. The zero-order valence-electron chi connectivity index (χ0n) is 22.5. The predicted molar refractivity (Wildman–Crippen MR) is 147 cm³/mol. The van der Waals surface area contributed by atoms with E-state index in [1.54, 1.807) is 0 Å². The van der Waals surface area contributed by atoms with E-state index in [9.17, 15) is 0 Å². The van der Waals surface area contributed by atoms with Gasteiger partial charge < -0.3 is 0 Å². The molecular formula is C33H40N+. The van der Waals surface area contributed by atoms with E-state index < -0.39 is 0 Å². The van der Waals surface area contributed by atoms with Crippen LogP contribution in [-0.2, 0) is 7.05 Å². The first-order valence-corrected chi connectivity index (χ1v) is 12.7. The van der Waals surface area contributed by atoms with Gasteiger partial charge in [0.15, 0.2) is 5.69 Å². The minimum atomic E-state index is 0.570. The van der Waals surface area contributed by atoms with Gasteiger partial charge in [-0.2, -0.15) is 4.57 Å². The van der Waals surface area contributed by atoms with Gasteiger partial charge in [0.25, 0.3) is 0 Å². The van der Waals surface area contributed by atoms with E-state index in [1.807, 2.05) is 0 Å². The lowest BCUT2D eigenvalue weighted by molar-refractivity contribution is -0.665. The summed E-state index contributed by atoms with van der Waals surface area (Å²) in [5.74, 6) is 1.82. The van der Waals surface area contributed by atoms with E-state index in [0.717, 1.165) is 0 Å². The number of benzene rings is 3. The molecule has 0 saturated heterocycles. The minimum absolute atomic E-state index is 0.570. The number of rotatable bonds is 5. The topological polar surface area (TPSA) is 3.88 Å². The van der Waals surface area contributed by atoms with Crippen molar-refractivity contribution in [1.29, 1.82) is 0 Å². The van der Waals surface area contributed by atoms with Crippen molar-refractivity contribution >= 4 is 10.8 Å². The molecule has 4 rings (SSSR count). The summed E-state index contributed by atoms with van der Waals surface area (Å²) in [4.78, 5) is 0. The SMILES string of the molecule is Cc1cc(-c2c(C)cccc2C)ccc1-c1c2ccc(C(C(C)C)C(C)C)cc2cc(C)[n+]1C. The van der Waals surface area contributed by atoms with Gasteiger partial charge in [0.05, 0.1) is 5.39 Å². The largest absolute Gasteiger partial charge is 0.220 e. The van der Waals surface area contributed by atoms with Gasteiger partial charge in [-0.3, -0.25) is 0 Å². The molecule has 176 valence electrons. The summed E-state index contributed by atoms with van der Waals surface area (Å²) in [7, 11) is 2.20. The van der Waals surface area contributed by atoms with E-state index in [1.165, 1.54) is 61.1 Å². The summed E-state index contributed by atoms with van der Waals surface area (Å²) in [5, 5.41) is 2.67. The van der Waals surface area contributed by atoms with Crippen LogP contribution in [0.4, 0.5) is 0 Å². The lowest BCUT2D eigenvalue weighted by atomic mass is 9.79. The Morgan fingerprint density at radius 2 is 1.32 bits per heavy atom. The number of hydrogen-bond acceptors (Lipinski definition) is 0. The van der Waals surface area contributed by atoms with Crippen molar-refractivity contribution in [3.63, 3.8) is 0 Å². The molecule has 0 atom stereocenters. The molecule has 0 aliphatic rings. The maximum Gasteiger partial charge on any atom is 0.220 e. The van der Waals surface area contributed by atoms with Gasteiger partial charge in [-0.25, -0.2) is 0 Å². The molecule has 1 heterocycles. The highest BCUT2D eigenvalue weighted by Gasteiger charge is 2.24. The molecule has 0 unspecified atom stereocenters. The molecule has 1 heteroatoms. The Balaban J connectivity index is 1.90. The van der Waals surface area contributed by atoms with Gasteiger partial charge in [-0.15, -0.1) is 0 Å². The second-order valence-electron chi connectivity index (χ2n) is 10.9. The van der Waals surface area contributed by atoms with Crippen LogP contribution in [-0.4, -0.2) is 0 Å². The third-order valence-electron chi connectivity index (χ3n) is 7.63. The Morgan fingerprint density at radius 1 is 0.676 bits per heavy atom. The van der Waals surface area contributed by atoms with Crippen molar-refractivity contribution in [1.82, 2.24) is 0 Å². The molecule has 1 nitrogen and oxygen atoms in total. The van der Waals surface area contributed by atoms with Crippen molar-refractivity contribution in [2.45, 2.75) is 61.3 Å². The molecule has 0 amide bonds. The second-order valence-corrected chi connectivity index (χ2v) is 10.9. The van der Waals surface area contributed by atoms with Crippen LogP contribution in [0.1, 0.15) is 61.6 Å². The standard InChI is InChI=1S/C33H40N/c1-20(2)31(21(3)4)27-14-16-30-28(19-27)18-25(8)34(9)33(30)29-15-13-26(17-24(29)7)32-22(5)11-10-12-23(32)6/h10-21,31H,1-9H3/q+1. The quantitative estimate of drug-likeness (QED) is 0.268. The predicted octanol–water partition coefficient (Wildman–Crippen LogP) is 8.63. The second kappa shape index (κ2) is 9.37. The van der Waals surface area contributed by atoms with Crippen LogP contribution in [0, 0.1) is 39.5 Å². The average molecular weight is 451 g/mol. The molecule has 0 aliphatic heterocycles. The number of aromatic nitrogens is 1. The van der Waals surface area contributed by atoms with Gasteiger partial charge in [0.1, 0.15) is 7.05 Å². The fraction of sp³-hybridized carbons (Fsp3) is 0.364. The summed E-state index contributed by atoms with van der Waals surface area (Å²) in [5.41, 5.74) is 12.0. The maximum absolute atomic E-state index is 2.44. The van der Waals surface area contributed by atoms with Crippen LogP contribution < -0.4 is 4.57 Å². The molecule has 1 aromatic heterocycles. The van der Waals surface area contributed by atoms with Crippen LogP contribution >= 0.6 is 0 Å². The van der Waals surface area contributed by atoms with E-state index in [-0.39, 0.29) is 0 Å². The third-order valence-corrected chi connectivity index (χ3v) is 7.63. The van der Waals surface area contributed by atoms with Crippen LogP contribution in [0.25, 0.3) is 33.2 Å². The Kier molecular flexibility index (Phi) is 6.67. The summed E-state index contributed by atoms with van der Waals surface area (Å²) in [6.07, 6.45) is 0. The van der Waals surface area contributed by atoms with Crippen LogP contribution in [0.3, 0.4) is 0 Å². The van der Waals surface area contributed by atoms with Crippen molar-refractivity contribution in [2.75, 3.05) is 0 Å². The third kappa shape index (κ3) is 4.29. The zero-order chi connectivity index (χ0) is 24.7. The zero-order valence-corrected chi connectivity index (χ0v) is 22.5. The van der Waals surface area contributed by atoms with Crippen molar-refractivity contribution in [2.24, 2.45) is 18.9 Å². The van der Waals surface area contributed by atoms with E-state index >= 15 is 0 Å². The smallest absolute Gasteiger partial charge is 0.198 e. The fourth-order valence-electron chi connectivity index (χ4n) is 6.02. The van der Waals surface area contributed by atoms with Crippen molar-refractivity contribution in [3.8, 4) is 22.4 Å². The van der Waals surface area contributed by atoms with Crippen LogP contribution in [0.2, 0.25) is 0 Å². The van der Waals surface area contributed by atoms with Gasteiger partial charge in [0.2, 0.25) is 5.69 Å². The molecule has 0 saturated carbocycles. The summed E-state index contributed by atoms with van der Waals surface area (Å²) in [6.45, 7) is 18.3. The van der Waals surface area contributed by atoms with E-state index in [4.69, 9.17) is 0 Å². The summed E-state index contributed by atoms with van der Waals surface area (Å²) >= 11 is 0.